The van der Waals surface area contributed by atoms with Gasteiger partial charge in [-0.1, -0.05) is 23.7 Å². The molecule has 0 saturated carbocycles. The molecule has 0 fully saturated rings. The van der Waals surface area contributed by atoms with Gasteiger partial charge < -0.3 is 10.1 Å². The molecule has 0 unspecified atom stereocenters. The van der Waals surface area contributed by atoms with E-state index in [1.54, 1.807) is 12.1 Å². The molecule has 0 spiro atoms. The molecule has 1 N–H and O–H groups in total. The van der Waals surface area contributed by atoms with Gasteiger partial charge in [-0.05, 0) is 38.0 Å². The molecule has 1 amide bonds. The summed E-state index contributed by atoms with van der Waals surface area (Å²) in [6.45, 7) is 5.33. The lowest BCUT2D eigenvalue weighted by Crippen LogP contribution is -2.27. The molecular formula is C14H20ClNO2. The van der Waals surface area contributed by atoms with E-state index in [4.69, 9.17) is 16.3 Å². The van der Waals surface area contributed by atoms with Crippen molar-refractivity contribution in [3.05, 3.63) is 34.9 Å². The molecule has 0 saturated heterocycles. The van der Waals surface area contributed by atoms with Gasteiger partial charge in [0.1, 0.15) is 0 Å². The Morgan fingerprint density at radius 1 is 1.33 bits per heavy atom. The number of carbonyl (C=O) groups is 1. The number of halogens is 1. The number of amides is 1. The van der Waals surface area contributed by atoms with Gasteiger partial charge in [-0.2, -0.15) is 0 Å². The van der Waals surface area contributed by atoms with Gasteiger partial charge in [-0.3, -0.25) is 4.79 Å². The Bertz CT molecular complexity index is 363. The van der Waals surface area contributed by atoms with E-state index in [1.165, 1.54) is 0 Å². The molecule has 0 heterocycles. The summed E-state index contributed by atoms with van der Waals surface area (Å²) in [7, 11) is 0. The van der Waals surface area contributed by atoms with Crippen LogP contribution in [0, 0.1) is 0 Å². The van der Waals surface area contributed by atoms with E-state index in [0.29, 0.717) is 24.6 Å². The van der Waals surface area contributed by atoms with Crippen LogP contribution in [0.25, 0.3) is 0 Å². The van der Waals surface area contributed by atoms with Gasteiger partial charge in [0.2, 0.25) is 5.91 Å². The van der Waals surface area contributed by atoms with Gasteiger partial charge in [0.05, 0.1) is 12.5 Å². The van der Waals surface area contributed by atoms with Gasteiger partial charge >= 0.3 is 0 Å². The summed E-state index contributed by atoms with van der Waals surface area (Å²) >= 11 is 5.78. The zero-order valence-electron chi connectivity index (χ0n) is 10.9. The molecular weight excluding hydrogens is 250 g/mol. The quantitative estimate of drug-likeness (QED) is 0.773. The lowest BCUT2D eigenvalue weighted by molar-refractivity contribution is -0.120. The van der Waals surface area contributed by atoms with Crippen molar-refractivity contribution in [2.45, 2.75) is 32.8 Å². The minimum absolute atomic E-state index is 0.0295. The summed E-state index contributed by atoms with van der Waals surface area (Å²) in [5, 5.41) is 3.55. The predicted molar refractivity (Wildman–Crippen MR) is 73.9 cm³/mol. The fourth-order valence-electron chi connectivity index (χ4n) is 1.47. The van der Waals surface area contributed by atoms with E-state index in [9.17, 15) is 4.79 Å². The van der Waals surface area contributed by atoms with Crippen LogP contribution in [-0.2, 0) is 16.0 Å². The molecule has 0 bridgehead atoms. The Morgan fingerprint density at radius 3 is 2.61 bits per heavy atom. The third kappa shape index (κ3) is 6.62. The van der Waals surface area contributed by atoms with Crippen LogP contribution < -0.4 is 5.32 Å². The topological polar surface area (TPSA) is 38.3 Å². The molecule has 0 atom stereocenters. The van der Waals surface area contributed by atoms with Crippen molar-refractivity contribution >= 4 is 17.5 Å². The Morgan fingerprint density at radius 2 is 2.00 bits per heavy atom. The van der Waals surface area contributed by atoms with Crippen LogP contribution in [0.1, 0.15) is 25.8 Å². The summed E-state index contributed by atoms with van der Waals surface area (Å²) in [5.41, 5.74) is 0.968. The van der Waals surface area contributed by atoms with Crippen molar-refractivity contribution in [3.63, 3.8) is 0 Å². The molecule has 0 aromatic heterocycles. The molecule has 0 aliphatic rings. The Balaban J connectivity index is 2.16. The highest BCUT2D eigenvalue weighted by Gasteiger charge is 2.02. The lowest BCUT2D eigenvalue weighted by Gasteiger charge is -2.08. The van der Waals surface area contributed by atoms with Crippen LogP contribution in [0.5, 0.6) is 0 Å². The lowest BCUT2D eigenvalue weighted by atomic mass is 10.1. The average Bonchev–Trinajstić information content (AvgIpc) is 2.31. The predicted octanol–water partition coefficient (Wildman–Crippen LogP) is 2.81. The van der Waals surface area contributed by atoms with E-state index in [1.807, 2.05) is 26.0 Å². The van der Waals surface area contributed by atoms with Gasteiger partial charge in [0.15, 0.2) is 0 Å². The maximum atomic E-state index is 11.6. The van der Waals surface area contributed by atoms with Crippen LogP contribution in [0.15, 0.2) is 24.3 Å². The second kappa shape index (κ2) is 8.11. The second-order valence-electron chi connectivity index (χ2n) is 4.43. The molecule has 0 radical (unpaired) electrons. The maximum absolute atomic E-state index is 11.6. The average molecular weight is 270 g/mol. The SMILES string of the molecule is CC(C)OCCCNC(=O)Cc1ccc(Cl)cc1. The Labute approximate surface area is 113 Å². The fourth-order valence-corrected chi connectivity index (χ4v) is 1.60. The normalized spacial score (nSPS) is 10.7. The molecule has 1 aromatic rings. The number of rotatable bonds is 7. The smallest absolute Gasteiger partial charge is 0.224 e. The first-order valence-electron chi connectivity index (χ1n) is 6.20. The summed E-state index contributed by atoms with van der Waals surface area (Å²) in [4.78, 5) is 11.6. The number of hydrogen-bond acceptors (Lipinski definition) is 2. The van der Waals surface area contributed by atoms with Crippen LogP contribution in [0.4, 0.5) is 0 Å². The largest absolute Gasteiger partial charge is 0.379 e. The zero-order valence-corrected chi connectivity index (χ0v) is 11.7. The highest BCUT2D eigenvalue weighted by molar-refractivity contribution is 6.30. The van der Waals surface area contributed by atoms with Gasteiger partial charge in [0.25, 0.3) is 0 Å². The van der Waals surface area contributed by atoms with Crippen molar-refractivity contribution in [1.82, 2.24) is 5.32 Å². The van der Waals surface area contributed by atoms with Crippen molar-refractivity contribution in [2.75, 3.05) is 13.2 Å². The fraction of sp³-hybridized carbons (Fsp3) is 0.500. The molecule has 100 valence electrons. The Hall–Kier alpha value is -1.06. The van der Waals surface area contributed by atoms with Crippen LogP contribution in [-0.4, -0.2) is 25.2 Å². The maximum Gasteiger partial charge on any atom is 0.224 e. The molecule has 1 rings (SSSR count). The number of nitrogens with one attached hydrogen (secondary N) is 1. The number of benzene rings is 1. The van der Waals surface area contributed by atoms with E-state index in [0.717, 1.165) is 12.0 Å². The van der Waals surface area contributed by atoms with Crippen molar-refractivity contribution in [2.24, 2.45) is 0 Å². The first-order chi connectivity index (χ1) is 8.58. The minimum atomic E-state index is 0.0295. The van der Waals surface area contributed by atoms with Gasteiger partial charge in [-0.15, -0.1) is 0 Å². The molecule has 4 heteroatoms. The molecule has 0 aliphatic carbocycles. The first kappa shape index (κ1) is 15.0. The first-order valence-corrected chi connectivity index (χ1v) is 6.58. The zero-order chi connectivity index (χ0) is 13.4. The highest BCUT2D eigenvalue weighted by Crippen LogP contribution is 2.09. The summed E-state index contributed by atoms with van der Waals surface area (Å²) in [6.07, 6.45) is 1.47. The van der Waals surface area contributed by atoms with Crippen molar-refractivity contribution < 1.29 is 9.53 Å². The Kier molecular flexibility index (Phi) is 6.76. The van der Waals surface area contributed by atoms with Gasteiger partial charge in [0, 0.05) is 18.2 Å². The van der Waals surface area contributed by atoms with Crippen LogP contribution in [0.3, 0.4) is 0 Å². The van der Waals surface area contributed by atoms with E-state index < -0.39 is 0 Å². The molecule has 0 aliphatic heterocycles. The van der Waals surface area contributed by atoms with Crippen molar-refractivity contribution in [3.8, 4) is 0 Å². The van der Waals surface area contributed by atoms with E-state index in [2.05, 4.69) is 5.32 Å². The van der Waals surface area contributed by atoms with E-state index in [-0.39, 0.29) is 12.0 Å². The van der Waals surface area contributed by atoms with Crippen molar-refractivity contribution in [1.29, 1.82) is 0 Å². The second-order valence-corrected chi connectivity index (χ2v) is 4.86. The molecule has 1 aromatic carbocycles. The molecule has 18 heavy (non-hydrogen) atoms. The minimum Gasteiger partial charge on any atom is -0.379 e. The van der Waals surface area contributed by atoms with E-state index >= 15 is 0 Å². The number of hydrogen-bond donors (Lipinski definition) is 1. The number of ether oxygens (including phenoxy) is 1. The number of carbonyl (C=O) groups excluding carboxylic acids is 1. The molecule has 3 nitrogen and oxygen atoms in total. The third-order valence-corrected chi connectivity index (χ3v) is 2.62. The monoisotopic (exact) mass is 269 g/mol. The standard InChI is InChI=1S/C14H20ClNO2/c1-11(2)18-9-3-8-16-14(17)10-12-4-6-13(15)7-5-12/h4-7,11H,3,8-10H2,1-2H3,(H,16,17). The van der Waals surface area contributed by atoms with Gasteiger partial charge in [-0.25, -0.2) is 0 Å². The summed E-state index contributed by atoms with van der Waals surface area (Å²) in [6, 6.07) is 7.31. The van der Waals surface area contributed by atoms with Crippen LogP contribution in [0.2, 0.25) is 5.02 Å². The summed E-state index contributed by atoms with van der Waals surface area (Å²) in [5.74, 6) is 0.0295. The summed E-state index contributed by atoms with van der Waals surface area (Å²) < 4.78 is 5.39. The third-order valence-electron chi connectivity index (χ3n) is 2.37. The van der Waals surface area contributed by atoms with Crippen LogP contribution >= 0.6 is 11.6 Å². The highest BCUT2D eigenvalue weighted by atomic mass is 35.5.